The van der Waals surface area contributed by atoms with Crippen LogP contribution in [0.5, 0.6) is 0 Å². The van der Waals surface area contributed by atoms with Crippen molar-refractivity contribution in [1.82, 2.24) is 13.7 Å². The quantitative estimate of drug-likeness (QED) is 0.357. The van der Waals surface area contributed by atoms with Gasteiger partial charge in [-0.1, -0.05) is 51.4 Å². The summed E-state index contributed by atoms with van der Waals surface area (Å²) in [7, 11) is -4.34. The van der Waals surface area contributed by atoms with Gasteiger partial charge in [-0.15, -0.1) is 0 Å². The Bertz CT molecular complexity index is 847. The molecule has 7 nitrogen and oxygen atoms in total. The standard InChI is InChI=1S/C22H47N3O4Si3/c1-10-29-32(8,9)19-13-16-25-21(27)23(14-11-17-30(2,3)4)20(26)24(22(25)28)15-12-18-31(5,6)7/h10-19H2,1-9H3. The Morgan fingerprint density at radius 2 is 0.906 bits per heavy atom. The number of hydrogen-bond donors (Lipinski definition) is 0. The Labute approximate surface area is 197 Å². The van der Waals surface area contributed by atoms with Crippen LogP contribution in [0.15, 0.2) is 14.4 Å². The van der Waals surface area contributed by atoms with Crippen LogP contribution in [0.25, 0.3) is 0 Å². The lowest BCUT2D eigenvalue weighted by Crippen LogP contribution is -2.54. The monoisotopic (exact) mass is 501 g/mol. The summed E-state index contributed by atoms with van der Waals surface area (Å²) < 4.78 is 9.79. The van der Waals surface area contributed by atoms with Gasteiger partial charge in [0.2, 0.25) is 0 Å². The molecule has 0 N–H and O–H groups in total. The van der Waals surface area contributed by atoms with Crippen LogP contribution in [0.2, 0.25) is 70.5 Å². The van der Waals surface area contributed by atoms with Crippen LogP contribution < -0.4 is 17.1 Å². The van der Waals surface area contributed by atoms with Crippen LogP contribution in [0.4, 0.5) is 0 Å². The van der Waals surface area contributed by atoms with Crippen LogP contribution in [-0.2, 0) is 24.1 Å². The first-order valence-electron chi connectivity index (χ1n) is 12.2. The van der Waals surface area contributed by atoms with E-state index in [1.165, 1.54) is 13.7 Å². The van der Waals surface area contributed by atoms with E-state index < -0.39 is 41.5 Å². The van der Waals surface area contributed by atoms with E-state index in [0.717, 1.165) is 31.0 Å². The highest BCUT2D eigenvalue weighted by atomic mass is 28.4. The topological polar surface area (TPSA) is 75.2 Å². The maximum absolute atomic E-state index is 13.1. The predicted octanol–water partition coefficient (Wildman–Crippen LogP) is 4.26. The lowest BCUT2D eigenvalue weighted by molar-refractivity contribution is 0.326. The Hall–Kier alpha value is -0.979. The Balaban J connectivity index is 3.23. The third kappa shape index (κ3) is 9.88. The largest absolute Gasteiger partial charge is 0.418 e. The summed E-state index contributed by atoms with van der Waals surface area (Å²) in [5.74, 6) is 0. The number of nitrogens with zero attached hydrogens (tertiary/aromatic N) is 3. The zero-order valence-electron chi connectivity index (χ0n) is 22.0. The molecular formula is C22H47N3O4Si3. The highest BCUT2D eigenvalue weighted by molar-refractivity contribution is 6.76. The molecule has 0 aromatic carbocycles. The summed E-state index contributed by atoms with van der Waals surface area (Å²) in [4.78, 5) is 39.4. The van der Waals surface area contributed by atoms with Crippen molar-refractivity contribution >= 4 is 24.5 Å². The molecule has 32 heavy (non-hydrogen) atoms. The first-order valence-corrected chi connectivity index (χ1v) is 22.7. The van der Waals surface area contributed by atoms with E-state index in [4.69, 9.17) is 4.43 Å². The van der Waals surface area contributed by atoms with Gasteiger partial charge in [0.25, 0.3) is 0 Å². The molecule has 186 valence electrons. The van der Waals surface area contributed by atoms with Gasteiger partial charge >= 0.3 is 17.1 Å². The fourth-order valence-corrected chi connectivity index (χ4v) is 8.29. The second-order valence-corrected chi connectivity index (χ2v) is 27.5. The molecule has 0 aliphatic rings. The van der Waals surface area contributed by atoms with Gasteiger partial charge in [-0.25, -0.2) is 28.1 Å². The zero-order valence-corrected chi connectivity index (χ0v) is 25.0. The van der Waals surface area contributed by atoms with Crippen molar-refractivity contribution in [2.75, 3.05) is 6.61 Å². The van der Waals surface area contributed by atoms with Gasteiger partial charge < -0.3 is 4.43 Å². The first kappa shape index (κ1) is 29.1. The number of rotatable bonds is 14. The molecule has 1 aromatic rings. The van der Waals surface area contributed by atoms with Gasteiger partial charge in [0.05, 0.1) is 0 Å². The van der Waals surface area contributed by atoms with Crippen molar-refractivity contribution in [3.05, 3.63) is 31.5 Å². The summed E-state index contributed by atoms with van der Waals surface area (Å²) in [5, 5.41) is 0. The van der Waals surface area contributed by atoms with Crippen molar-refractivity contribution in [2.45, 2.75) is 116 Å². The average molecular weight is 502 g/mol. The molecule has 1 rings (SSSR count). The fourth-order valence-electron chi connectivity index (χ4n) is 3.92. The molecule has 0 aliphatic heterocycles. The Morgan fingerprint density at radius 1 is 0.594 bits per heavy atom. The van der Waals surface area contributed by atoms with E-state index >= 15 is 0 Å². The fraction of sp³-hybridized carbons (Fsp3) is 0.864. The van der Waals surface area contributed by atoms with E-state index in [-0.39, 0.29) is 0 Å². The second kappa shape index (κ2) is 11.9. The van der Waals surface area contributed by atoms with E-state index in [1.807, 2.05) is 6.92 Å². The molecule has 1 aromatic heterocycles. The summed E-state index contributed by atoms with van der Waals surface area (Å²) in [5.41, 5.74) is -1.34. The molecule has 0 amide bonds. The predicted molar refractivity (Wildman–Crippen MR) is 143 cm³/mol. The number of hydrogen-bond acceptors (Lipinski definition) is 4. The SMILES string of the molecule is CCO[Si](C)(C)CCCn1c(=O)n(CCC[Si](C)(C)C)c(=O)n(CCC[Si](C)(C)C)c1=O. The van der Waals surface area contributed by atoms with E-state index in [1.54, 1.807) is 0 Å². The molecule has 0 fully saturated rings. The molecule has 0 spiro atoms. The Morgan fingerprint density at radius 3 is 1.19 bits per heavy atom. The van der Waals surface area contributed by atoms with Crippen molar-refractivity contribution in [1.29, 1.82) is 0 Å². The second-order valence-electron chi connectivity index (χ2n) is 11.9. The van der Waals surface area contributed by atoms with Crippen molar-refractivity contribution in [2.24, 2.45) is 0 Å². The van der Waals surface area contributed by atoms with Crippen LogP contribution in [0, 0.1) is 0 Å². The molecule has 10 heteroatoms. The third-order valence-electron chi connectivity index (χ3n) is 5.70. The molecule has 1 heterocycles. The van der Waals surface area contributed by atoms with Gasteiger partial charge in [0.1, 0.15) is 0 Å². The highest BCUT2D eigenvalue weighted by Crippen LogP contribution is 2.14. The van der Waals surface area contributed by atoms with Gasteiger partial charge in [0.15, 0.2) is 8.32 Å². The molecule has 0 radical (unpaired) electrons. The minimum Gasteiger partial charge on any atom is -0.418 e. The smallest absolute Gasteiger partial charge is 0.336 e. The lowest BCUT2D eigenvalue weighted by Gasteiger charge is -2.22. The summed E-state index contributed by atoms with van der Waals surface area (Å²) in [6.07, 6.45) is 2.29. The highest BCUT2D eigenvalue weighted by Gasteiger charge is 2.23. The van der Waals surface area contributed by atoms with Gasteiger partial charge in [-0.3, -0.25) is 0 Å². The normalized spacial score (nSPS) is 13.0. The van der Waals surface area contributed by atoms with E-state index in [2.05, 4.69) is 52.4 Å². The molecule has 0 bridgehead atoms. The summed E-state index contributed by atoms with van der Waals surface area (Å²) >= 11 is 0. The maximum Gasteiger partial charge on any atom is 0.336 e. The third-order valence-corrected chi connectivity index (χ3v) is 12.0. The van der Waals surface area contributed by atoms with E-state index in [0.29, 0.717) is 32.7 Å². The molecule has 0 saturated carbocycles. The van der Waals surface area contributed by atoms with Gasteiger partial charge in [-0.05, 0) is 45.3 Å². The Kier molecular flexibility index (Phi) is 10.8. The zero-order chi connectivity index (χ0) is 24.7. The average Bonchev–Trinajstić information content (AvgIpc) is 2.61. The molecule has 0 atom stereocenters. The van der Waals surface area contributed by atoms with E-state index in [9.17, 15) is 14.4 Å². The van der Waals surface area contributed by atoms with Gasteiger partial charge in [0, 0.05) is 42.4 Å². The molecule has 0 aliphatic carbocycles. The maximum atomic E-state index is 13.1. The lowest BCUT2D eigenvalue weighted by atomic mass is 10.4. The first-order chi connectivity index (χ1) is 14.6. The van der Waals surface area contributed by atoms with Gasteiger partial charge in [-0.2, -0.15) is 0 Å². The minimum absolute atomic E-state index is 0.337. The molecular weight excluding hydrogens is 455 g/mol. The van der Waals surface area contributed by atoms with Crippen LogP contribution in [0.3, 0.4) is 0 Å². The minimum atomic E-state index is -1.80. The summed E-state index contributed by atoms with van der Waals surface area (Å²) in [6.45, 7) is 21.8. The van der Waals surface area contributed by atoms with Crippen molar-refractivity contribution in [3.63, 3.8) is 0 Å². The summed E-state index contributed by atoms with van der Waals surface area (Å²) in [6, 6.07) is 2.96. The van der Waals surface area contributed by atoms with Crippen LogP contribution in [-0.4, -0.2) is 44.8 Å². The van der Waals surface area contributed by atoms with Crippen LogP contribution in [0.1, 0.15) is 26.2 Å². The number of aromatic nitrogens is 3. The van der Waals surface area contributed by atoms with Crippen molar-refractivity contribution < 1.29 is 4.43 Å². The van der Waals surface area contributed by atoms with Crippen molar-refractivity contribution in [3.8, 4) is 0 Å². The molecule has 0 unspecified atom stereocenters. The molecule has 0 saturated heterocycles. The van der Waals surface area contributed by atoms with Crippen LogP contribution >= 0.6 is 0 Å².